The number of carbonyl (C=O) groups excluding carboxylic acids is 1. The van der Waals surface area contributed by atoms with Crippen LogP contribution in [-0.4, -0.2) is 39.7 Å². The molecule has 0 radical (unpaired) electrons. The van der Waals surface area contributed by atoms with Crippen molar-refractivity contribution >= 4 is 33.0 Å². The Morgan fingerprint density at radius 1 is 0.931 bits per heavy atom. The number of carbonyl (C=O) groups is 1. The minimum Gasteiger partial charge on any atom is -0.370 e. The highest BCUT2D eigenvalue weighted by Crippen LogP contribution is 2.30. The van der Waals surface area contributed by atoms with Crippen molar-refractivity contribution in [3.63, 3.8) is 0 Å². The highest BCUT2D eigenvalue weighted by molar-refractivity contribution is 7.93. The maximum Gasteiger partial charge on any atom is 0.255 e. The van der Waals surface area contributed by atoms with E-state index >= 15 is 0 Å². The van der Waals surface area contributed by atoms with E-state index in [1.165, 1.54) is 22.9 Å². The predicted octanol–water partition coefficient (Wildman–Crippen LogP) is 3.61. The van der Waals surface area contributed by atoms with Crippen LogP contribution in [0.25, 0.3) is 0 Å². The molecule has 1 N–H and O–H groups in total. The van der Waals surface area contributed by atoms with Gasteiger partial charge in [-0.1, -0.05) is 0 Å². The largest absolute Gasteiger partial charge is 0.370 e. The number of halogens is 1. The van der Waals surface area contributed by atoms with E-state index in [9.17, 15) is 17.6 Å². The fourth-order valence-corrected chi connectivity index (χ4v) is 5.49. The fourth-order valence-electron chi connectivity index (χ4n) is 3.92. The van der Waals surface area contributed by atoms with Gasteiger partial charge in [0.05, 0.1) is 22.8 Å². The van der Waals surface area contributed by atoms with Gasteiger partial charge in [-0.05, 0) is 68.1 Å². The molecule has 6 nitrogen and oxygen atoms in total. The first-order chi connectivity index (χ1) is 13.9. The third-order valence-electron chi connectivity index (χ3n) is 5.42. The summed E-state index contributed by atoms with van der Waals surface area (Å²) < 4.78 is 39.3. The van der Waals surface area contributed by atoms with Gasteiger partial charge in [0.25, 0.3) is 5.91 Å². The van der Waals surface area contributed by atoms with E-state index in [-0.39, 0.29) is 11.7 Å². The second-order valence-electron chi connectivity index (χ2n) is 7.45. The molecule has 0 aliphatic carbocycles. The van der Waals surface area contributed by atoms with Crippen molar-refractivity contribution < 1.29 is 17.6 Å². The second-order valence-corrected chi connectivity index (χ2v) is 9.46. The number of hydrogen-bond donors (Lipinski definition) is 1. The third-order valence-corrected chi connectivity index (χ3v) is 7.29. The molecule has 2 saturated heterocycles. The van der Waals surface area contributed by atoms with Crippen molar-refractivity contribution in [3.8, 4) is 0 Å². The molecule has 2 heterocycles. The zero-order valence-corrected chi connectivity index (χ0v) is 16.9. The Balaban J connectivity index is 1.53. The zero-order chi connectivity index (χ0) is 20.4. The van der Waals surface area contributed by atoms with Crippen LogP contribution in [0.15, 0.2) is 42.5 Å². The van der Waals surface area contributed by atoms with E-state index in [4.69, 9.17) is 0 Å². The van der Waals surface area contributed by atoms with Gasteiger partial charge in [-0.3, -0.25) is 9.10 Å². The van der Waals surface area contributed by atoms with Crippen LogP contribution in [0.2, 0.25) is 0 Å². The molecular formula is C21H24FN3O3S. The van der Waals surface area contributed by atoms with Crippen molar-refractivity contribution in [2.75, 3.05) is 39.9 Å². The molecule has 8 heteroatoms. The van der Waals surface area contributed by atoms with Crippen LogP contribution in [0.5, 0.6) is 0 Å². The fraction of sp³-hybridized carbons (Fsp3) is 0.381. The standard InChI is InChI=1S/C21H24FN3O3S/c22-17-7-10-20(24-11-2-1-3-12-24)19(15-17)23-21(26)16-5-8-18(9-6-16)25-13-4-14-29(25,27)28/h5-10,15H,1-4,11-14H2,(H,23,26). The van der Waals surface area contributed by atoms with Gasteiger partial charge in [0.2, 0.25) is 10.0 Å². The molecule has 0 atom stereocenters. The maximum atomic E-state index is 13.8. The lowest BCUT2D eigenvalue weighted by Crippen LogP contribution is -2.30. The predicted molar refractivity (Wildman–Crippen MR) is 113 cm³/mol. The van der Waals surface area contributed by atoms with Crippen molar-refractivity contribution in [1.29, 1.82) is 0 Å². The molecule has 2 aromatic rings. The number of nitrogens with one attached hydrogen (secondary N) is 1. The molecule has 4 rings (SSSR count). The van der Waals surface area contributed by atoms with E-state index in [1.807, 2.05) is 0 Å². The summed E-state index contributed by atoms with van der Waals surface area (Å²) in [5.41, 5.74) is 2.21. The van der Waals surface area contributed by atoms with Crippen LogP contribution in [0.1, 0.15) is 36.0 Å². The SMILES string of the molecule is O=C(Nc1cc(F)ccc1N1CCCCC1)c1ccc(N2CCCS2(=O)=O)cc1. The number of hydrogen-bond acceptors (Lipinski definition) is 4. The Bertz CT molecular complexity index is 1000. The minimum atomic E-state index is -3.26. The lowest BCUT2D eigenvalue weighted by molar-refractivity contribution is 0.102. The number of nitrogens with zero attached hydrogens (tertiary/aromatic N) is 2. The first kappa shape index (κ1) is 19.7. The van der Waals surface area contributed by atoms with Crippen LogP contribution in [0.3, 0.4) is 0 Å². The number of benzene rings is 2. The van der Waals surface area contributed by atoms with Crippen LogP contribution < -0.4 is 14.5 Å². The molecule has 154 valence electrons. The minimum absolute atomic E-state index is 0.147. The summed E-state index contributed by atoms with van der Waals surface area (Å²) in [5.74, 6) is -0.617. The summed E-state index contributed by atoms with van der Waals surface area (Å²) in [6.45, 7) is 2.22. The Morgan fingerprint density at radius 3 is 2.31 bits per heavy atom. The molecule has 0 saturated carbocycles. The van der Waals surface area contributed by atoms with Crippen molar-refractivity contribution in [2.45, 2.75) is 25.7 Å². The van der Waals surface area contributed by atoms with Gasteiger partial charge >= 0.3 is 0 Å². The van der Waals surface area contributed by atoms with Crippen LogP contribution in [0.4, 0.5) is 21.5 Å². The number of amides is 1. The summed E-state index contributed by atoms with van der Waals surface area (Å²) in [6.07, 6.45) is 3.93. The number of sulfonamides is 1. The normalized spacial score (nSPS) is 18.7. The van der Waals surface area contributed by atoms with E-state index in [1.54, 1.807) is 30.3 Å². The highest BCUT2D eigenvalue weighted by Gasteiger charge is 2.28. The van der Waals surface area contributed by atoms with E-state index in [0.29, 0.717) is 29.9 Å². The number of piperidine rings is 1. The van der Waals surface area contributed by atoms with Crippen LogP contribution in [-0.2, 0) is 10.0 Å². The van der Waals surface area contributed by atoms with Gasteiger partial charge in [0.15, 0.2) is 0 Å². The van der Waals surface area contributed by atoms with Crippen LogP contribution >= 0.6 is 0 Å². The molecule has 0 spiro atoms. The molecule has 0 unspecified atom stereocenters. The van der Waals surface area contributed by atoms with Gasteiger partial charge in [0, 0.05) is 25.2 Å². The van der Waals surface area contributed by atoms with Gasteiger partial charge in [-0.2, -0.15) is 0 Å². The Morgan fingerprint density at radius 2 is 1.66 bits per heavy atom. The molecule has 0 bridgehead atoms. The van der Waals surface area contributed by atoms with E-state index in [0.717, 1.165) is 31.6 Å². The van der Waals surface area contributed by atoms with Crippen molar-refractivity contribution in [2.24, 2.45) is 0 Å². The lowest BCUT2D eigenvalue weighted by Gasteiger charge is -2.30. The van der Waals surface area contributed by atoms with Crippen LogP contribution in [0, 0.1) is 5.82 Å². The van der Waals surface area contributed by atoms with Gasteiger partial charge < -0.3 is 10.2 Å². The molecular weight excluding hydrogens is 393 g/mol. The monoisotopic (exact) mass is 417 g/mol. The highest BCUT2D eigenvalue weighted by atomic mass is 32.2. The first-order valence-corrected chi connectivity index (χ1v) is 11.5. The zero-order valence-electron chi connectivity index (χ0n) is 16.1. The van der Waals surface area contributed by atoms with E-state index in [2.05, 4.69) is 10.2 Å². The summed E-state index contributed by atoms with van der Waals surface area (Å²) >= 11 is 0. The summed E-state index contributed by atoms with van der Waals surface area (Å²) in [4.78, 5) is 14.9. The number of rotatable bonds is 4. The van der Waals surface area contributed by atoms with E-state index < -0.39 is 15.8 Å². The summed E-state index contributed by atoms with van der Waals surface area (Å²) in [5, 5.41) is 2.82. The maximum absolute atomic E-state index is 13.8. The topological polar surface area (TPSA) is 69.7 Å². The summed E-state index contributed by atoms with van der Waals surface area (Å²) in [7, 11) is -3.26. The van der Waals surface area contributed by atoms with Crippen molar-refractivity contribution in [3.05, 3.63) is 53.8 Å². The van der Waals surface area contributed by atoms with Gasteiger partial charge in [-0.25, -0.2) is 12.8 Å². The molecule has 2 aromatic carbocycles. The molecule has 1 amide bonds. The third kappa shape index (κ3) is 4.22. The molecule has 2 fully saturated rings. The Kier molecular flexibility index (Phi) is 5.45. The second kappa shape index (κ2) is 8.02. The van der Waals surface area contributed by atoms with Crippen molar-refractivity contribution in [1.82, 2.24) is 0 Å². The first-order valence-electron chi connectivity index (χ1n) is 9.90. The molecule has 2 aliphatic heterocycles. The molecule has 0 aromatic heterocycles. The molecule has 2 aliphatic rings. The lowest BCUT2D eigenvalue weighted by atomic mass is 10.1. The quantitative estimate of drug-likeness (QED) is 0.825. The van der Waals surface area contributed by atoms with Gasteiger partial charge in [-0.15, -0.1) is 0 Å². The number of anilines is 3. The summed E-state index contributed by atoms with van der Waals surface area (Å²) in [6, 6.07) is 10.9. The van der Waals surface area contributed by atoms with Gasteiger partial charge in [0.1, 0.15) is 5.82 Å². The smallest absolute Gasteiger partial charge is 0.255 e. The average molecular weight is 418 g/mol. The average Bonchev–Trinajstić information content (AvgIpc) is 3.08. The Hall–Kier alpha value is -2.61. The molecule has 29 heavy (non-hydrogen) atoms. The Labute approximate surface area is 170 Å².